The molecule has 0 saturated carbocycles. The summed E-state index contributed by atoms with van der Waals surface area (Å²) in [5, 5.41) is 4.60. The lowest BCUT2D eigenvalue weighted by atomic mass is 9.96. The Bertz CT molecular complexity index is 3150. The number of hydrogen-bond acceptors (Lipinski definition) is 4. The Morgan fingerprint density at radius 2 is 1.16 bits per heavy atom. The first kappa shape index (κ1) is 33.2. The summed E-state index contributed by atoms with van der Waals surface area (Å²) in [6.45, 7) is 4.01. The molecule has 0 atom stereocenters. The van der Waals surface area contributed by atoms with Crippen molar-refractivity contribution in [3.05, 3.63) is 188 Å². The fraction of sp³-hybridized carbons (Fsp3) is 0.0392. The summed E-state index contributed by atoms with van der Waals surface area (Å²) in [5.41, 5.74) is 12.4. The zero-order valence-electron chi connectivity index (χ0n) is 31.0. The lowest BCUT2D eigenvalue weighted by Crippen LogP contribution is -2.02. The second kappa shape index (κ2) is 13.8. The number of allylic oxidation sites excluding steroid dienone is 4. The summed E-state index contributed by atoms with van der Waals surface area (Å²) in [6, 6.07) is 57.4. The van der Waals surface area contributed by atoms with Crippen LogP contribution in [-0.4, -0.2) is 19.5 Å². The fourth-order valence-electron chi connectivity index (χ4n) is 7.91. The molecule has 5 heteroatoms. The van der Waals surface area contributed by atoms with Gasteiger partial charge in [-0.25, -0.2) is 15.0 Å². The molecular weight excluding hydrogens is 685 g/mol. The van der Waals surface area contributed by atoms with Crippen molar-refractivity contribution in [1.82, 2.24) is 19.5 Å². The predicted octanol–water partition coefficient (Wildman–Crippen LogP) is 13.5. The van der Waals surface area contributed by atoms with Crippen LogP contribution in [0.1, 0.15) is 19.7 Å². The largest absolute Gasteiger partial charge is 0.456 e. The summed E-state index contributed by atoms with van der Waals surface area (Å²) in [7, 11) is 0. The Morgan fingerprint density at radius 3 is 1.96 bits per heavy atom. The number of fused-ring (bicyclic) bond motifs is 6. The predicted molar refractivity (Wildman–Crippen MR) is 232 cm³/mol. The van der Waals surface area contributed by atoms with Gasteiger partial charge >= 0.3 is 0 Å². The molecule has 0 fully saturated rings. The third kappa shape index (κ3) is 5.69. The van der Waals surface area contributed by atoms with Crippen molar-refractivity contribution in [3.8, 4) is 50.7 Å². The number of rotatable bonds is 7. The molecule has 0 bridgehead atoms. The van der Waals surface area contributed by atoms with Crippen molar-refractivity contribution in [2.24, 2.45) is 0 Å². The van der Waals surface area contributed by atoms with Crippen LogP contribution in [0.4, 0.5) is 0 Å². The second-order valence-corrected chi connectivity index (χ2v) is 13.9. The molecule has 56 heavy (non-hydrogen) atoms. The molecule has 0 N–H and O–H groups in total. The van der Waals surface area contributed by atoms with Gasteiger partial charge in [-0.15, -0.1) is 0 Å². The molecule has 0 spiro atoms. The van der Waals surface area contributed by atoms with Gasteiger partial charge in [-0.05, 0) is 90.7 Å². The lowest BCUT2D eigenvalue weighted by molar-refractivity contribution is 0.669. The first-order chi connectivity index (χ1) is 27.7. The molecule has 266 valence electrons. The van der Waals surface area contributed by atoms with Gasteiger partial charge in [0.15, 0.2) is 17.5 Å². The van der Waals surface area contributed by atoms with E-state index in [1.807, 2.05) is 62.4 Å². The maximum absolute atomic E-state index is 6.49. The number of aromatic nitrogens is 4. The van der Waals surface area contributed by atoms with Crippen LogP contribution in [0.2, 0.25) is 0 Å². The molecule has 10 aromatic rings. The lowest BCUT2D eigenvalue weighted by Gasteiger charge is -2.10. The molecule has 0 saturated heterocycles. The van der Waals surface area contributed by atoms with E-state index in [9.17, 15) is 0 Å². The monoisotopic (exact) mass is 720 g/mol. The van der Waals surface area contributed by atoms with Gasteiger partial charge in [-0.3, -0.25) is 0 Å². The van der Waals surface area contributed by atoms with Crippen LogP contribution in [0.3, 0.4) is 0 Å². The normalized spacial score (nSPS) is 12.1. The highest BCUT2D eigenvalue weighted by Crippen LogP contribution is 2.41. The Hall–Kier alpha value is -7.37. The van der Waals surface area contributed by atoms with Crippen molar-refractivity contribution in [1.29, 1.82) is 0 Å². The Kier molecular flexibility index (Phi) is 8.19. The third-order valence-electron chi connectivity index (χ3n) is 10.5. The van der Waals surface area contributed by atoms with E-state index < -0.39 is 0 Å². The molecule has 3 heterocycles. The minimum absolute atomic E-state index is 0.620. The molecule has 7 aromatic carbocycles. The quantitative estimate of drug-likeness (QED) is 0.154. The molecule has 0 aliphatic heterocycles. The molecular formula is C51H36N4O. The van der Waals surface area contributed by atoms with E-state index in [1.54, 1.807) is 0 Å². The van der Waals surface area contributed by atoms with Crippen LogP contribution in [0.25, 0.3) is 100 Å². The highest BCUT2D eigenvalue weighted by molar-refractivity contribution is 6.14. The minimum atomic E-state index is 0.620. The van der Waals surface area contributed by atoms with Gasteiger partial charge in [-0.2, -0.15) is 0 Å². The van der Waals surface area contributed by atoms with Crippen LogP contribution in [0.15, 0.2) is 186 Å². The second-order valence-electron chi connectivity index (χ2n) is 13.9. The maximum Gasteiger partial charge on any atom is 0.164 e. The van der Waals surface area contributed by atoms with E-state index in [0.29, 0.717) is 17.5 Å². The zero-order valence-corrected chi connectivity index (χ0v) is 31.0. The molecule has 10 rings (SSSR count). The van der Waals surface area contributed by atoms with Crippen molar-refractivity contribution in [3.63, 3.8) is 0 Å². The zero-order chi connectivity index (χ0) is 37.6. The van der Waals surface area contributed by atoms with Gasteiger partial charge in [0.2, 0.25) is 0 Å². The Balaban J connectivity index is 1.10. The van der Waals surface area contributed by atoms with E-state index in [1.165, 1.54) is 21.8 Å². The Morgan fingerprint density at radius 1 is 0.500 bits per heavy atom. The average molecular weight is 721 g/mol. The number of nitrogens with zero attached hydrogens (tertiary/aromatic N) is 4. The van der Waals surface area contributed by atoms with Crippen LogP contribution >= 0.6 is 0 Å². The van der Waals surface area contributed by atoms with Gasteiger partial charge in [0.05, 0.1) is 11.0 Å². The van der Waals surface area contributed by atoms with Crippen molar-refractivity contribution in [2.75, 3.05) is 0 Å². The number of hydrogen-bond donors (Lipinski definition) is 0. The summed E-state index contributed by atoms with van der Waals surface area (Å²) in [4.78, 5) is 14.9. The van der Waals surface area contributed by atoms with E-state index in [4.69, 9.17) is 19.4 Å². The topological polar surface area (TPSA) is 56.7 Å². The summed E-state index contributed by atoms with van der Waals surface area (Å²) in [5.74, 6) is 1.89. The van der Waals surface area contributed by atoms with E-state index in [-0.39, 0.29) is 0 Å². The standard InChI is InChI=1S/C51H36N4O/c1-3-15-33(4-2)49-52-50(34-16-7-5-8-17-34)54-51(53-49)38-19-13-18-37(30-38)40-23-14-25-47-48(40)43-32-36(27-29-46(43)56-47)35-26-28-45-42(31-35)41-22-11-12-24-44(41)55(45)39-20-9-6-10-21-39/h3-32H,1-2H3/b15-3-,33-4+. The smallest absolute Gasteiger partial charge is 0.164 e. The van der Waals surface area contributed by atoms with E-state index in [2.05, 4.69) is 138 Å². The molecule has 0 unspecified atom stereocenters. The molecule has 0 aliphatic carbocycles. The summed E-state index contributed by atoms with van der Waals surface area (Å²) in [6.07, 6.45) is 6.07. The van der Waals surface area contributed by atoms with Crippen LogP contribution in [0, 0.1) is 0 Å². The fourth-order valence-corrected chi connectivity index (χ4v) is 7.91. The first-order valence-corrected chi connectivity index (χ1v) is 18.9. The molecule has 5 nitrogen and oxygen atoms in total. The van der Waals surface area contributed by atoms with Crippen molar-refractivity contribution < 1.29 is 4.42 Å². The number of furan rings is 1. The average Bonchev–Trinajstić information content (AvgIpc) is 3.81. The van der Waals surface area contributed by atoms with Gasteiger partial charge in [0, 0.05) is 43.9 Å². The highest BCUT2D eigenvalue weighted by Gasteiger charge is 2.18. The van der Waals surface area contributed by atoms with Crippen molar-refractivity contribution in [2.45, 2.75) is 13.8 Å². The first-order valence-electron chi connectivity index (χ1n) is 18.9. The van der Waals surface area contributed by atoms with Gasteiger partial charge in [0.1, 0.15) is 11.2 Å². The molecule has 0 amide bonds. The number of benzene rings is 7. The summed E-state index contributed by atoms with van der Waals surface area (Å²) < 4.78 is 8.84. The SMILES string of the molecule is C/C=C\C(=C/C)c1nc(-c2ccccc2)nc(-c2cccc(-c3cccc4oc5ccc(-c6ccc7c(c6)c6ccccc6n7-c6ccccc6)cc5c34)c2)n1. The van der Waals surface area contributed by atoms with E-state index in [0.717, 1.165) is 66.6 Å². The molecule has 0 aliphatic rings. The van der Waals surface area contributed by atoms with E-state index >= 15 is 0 Å². The van der Waals surface area contributed by atoms with Crippen LogP contribution in [-0.2, 0) is 0 Å². The number of para-hydroxylation sites is 2. The van der Waals surface area contributed by atoms with Gasteiger partial charge in [-0.1, -0.05) is 127 Å². The highest BCUT2D eigenvalue weighted by atomic mass is 16.3. The summed E-state index contributed by atoms with van der Waals surface area (Å²) >= 11 is 0. The third-order valence-corrected chi connectivity index (χ3v) is 10.5. The van der Waals surface area contributed by atoms with Gasteiger partial charge < -0.3 is 8.98 Å². The maximum atomic E-state index is 6.49. The van der Waals surface area contributed by atoms with Crippen LogP contribution in [0.5, 0.6) is 0 Å². The molecule has 0 radical (unpaired) electrons. The molecule has 3 aromatic heterocycles. The Labute approximate surface area is 324 Å². The van der Waals surface area contributed by atoms with Gasteiger partial charge in [0.25, 0.3) is 0 Å². The van der Waals surface area contributed by atoms with Crippen molar-refractivity contribution >= 4 is 49.3 Å². The minimum Gasteiger partial charge on any atom is -0.456 e. The van der Waals surface area contributed by atoms with Crippen LogP contribution < -0.4 is 0 Å².